The molecule has 0 saturated carbocycles. The van der Waals surface area contributed by atoms with Crippen molar-refractivity contribution in [2.75, 3.05) is 13.1 Å². The van der Waals surface area contributed by atoms with E-state index >= 15 is 0 Å². The average Bonchev–Trinajstić information content (AvgIpc) is 2.44. The third-order valence-electron chi connectivity index (χ3n) is 2.99. The van der Waals surface area contributed by atoms with Crippen LogP contribution >= 0.6 is 23.2 Å². The molecule has 1 saturated heterocycles. The monoisotopic (exact) mass is 263 g/mol. The van der Waals surface area contributed by atoms with Crippen molar-refractivity contribution in [3.63, 3.8) is 0 Å². The SMILES string of the molecule is CC(=O)CC1CCCCCN1CC(Cl)=CCl. The fraction of sp³-hybridized carbons (Fsp3) is 0.750. The second kappa shape index (κ2) is 7.31. The van der Waals surface area contributed by atoms with E-state index in [2.05, 4.69) is 4.90 Å². The largest absolute Gasteiger partial charge is 0.300 e. The molecule has 1 atom stereocenters. The van der Waals surface area contributed by atoms with Crippen LogP contribution in [0.5, 0.6) is 0 Å². The highest BCUT2D eigenvalue weighted by Gasteiger charge is 2.22. The smallest absolute Gasteiger partial charge is 0.131 e. The molecule has 1 heterocycles. The van der Waals surface area contributed by atoms with Gasteiger partial charge in [-0.15, -0.1) is 0 Å². The number of hydrogen-bond acceptors (Lipinski definition) is 2. The van der Waals surface area contributed by atoms with Gasteiger partial charge >= 0.3 is 0 Å². The van der Waals surface area contributed by atoms with E-state index < -0.39 is 0 Å². The van der Waals surface area contributed by atoms with Crippen molar-refractivity contribution in [1.29, 1.82) is 0 Å². The van der Waals surface area contributed by atoms with Gasteiger partial charge in [0.15, 0.2) is 0 Å². The number of carbonyl (C=O) groups excluding carboxylic acids is 1. The number of hydrogen-bond donors (Lipinski definition) is 0. The van der Waals surface area contributed by atoms with Crippen LogP contribution in [0.3, 0.4) is 0 Å². The summed E-state index contributed by atoms with van der Waals surface area (Å²) in [4.78, 5) is 13.5. The third-order valence-corrected chi connectivity index (χ3v) is 3.60. The summed E-state index contributed by atoms with van der Waals surface area (Å²) in [5, 5.41) is 0.650. The van der Waals surface area contributed by atoms with E-state index in [9.17, 15) is 4.79 Å². The molecule has 0 radical (unpaired) electrons. The molecular weight excluding hydrogens is 245 g/mol. The lowest BCUT2D eigenvalue weighted by molar-refractivity contribution is -0.118. The van der Waals surface area contributed by atoms with Gasteiger partial charge in [0.25, 0.3) is 0 Å². The second-order valence-electron chi connectivity index (χ2n) is 4.44. The van der Waals surface area contributed by atoms with E-state index in [0.717, 1.165) is 13.0 Å². The van der Waals surface area contributed by atoms with Crippen LogP contribution in [0.25, 0.3) is 0 Å². The van der Waals surface area contributed by atoms with E-state index in [0.29, 0.717) is 24.0 Å². The lowest BCUT2D eigenvalue weighted by Crippen LogP contribution is -2.37. The lowest BCUT2D eigenvalue weighted by Gasteiger charge is -2.28. The van der Waals surface area contributed by atoms with Crippen molar-refractivity contribution in [2.45, 2.75) is 45.1 Å². The highest BCUT2D eigenvalue weighted by Crippen LogP contribution is 2.21. The molecule has 1 fully saturated rings. The maximum absolute atomic E-state index is 11.2. The zero-order valence-corrected chi connectivity index (χ0v) is 11.2. The van der Waals surface area contributed by atoms with Crippen LogP contribution in [0, 0.1) is 0 Å². The minimum absolute atomic E-state index is 0.253. The summed E-state index contributed by atoms with van der Waals surface area (Å²) in [6.07, 6.45) is 5.35. The quantitative estimate of drug-likeness (QED) is 0.774. The summed E-state index contributed by atoms with van der Waals surface area (Å²) >= 11 is 11.5. The van der Waals surface area contributed by atoms with Crippen molar-refractivity contribution in [1.82, 2.24) is 4.90 Å². The van der Waals surface area contributed by atoms with Gasteiger partial charge < -0.3 is 0 Å². The lowest BCUT2D eigenvalue weighted by atomic mass is 10.0. The van der Waals surface area contributed by atoms with Gasteiger partial charge in [-0.3, -0.25) is 9.69 Å². The fourth-order valence-electron chi connectivity index (χ4n) is 2.24. The Morgan fingerprint density at radius 1 is 1.44 bits per heavy atom. The number of likely N-dealkylation sites (tertiary alicyclic amines) is 1. The van der Waals surface area contributed by atoms with Crippen LogP contribution in [-0.2, 0) is 4.79 Å². The molecular formula is C12H19Cl2NO. The van der Waals surface area contributed by atoms with Crippen molar-refractivity contribution in [3.05, 3.63) is 10.6 Å². The van der Waals surface area contributed by atoms with Crippen LogP contribution in [-0.4, -0.2) is 29.8 Å². The summed E-state index contributed by atoms with van der Waals surface area (Å²) in [6.45, 7) is 3.34. The van der Waals surface area contributed by atoms with Gasteiger partial charge in [0, 0.05) is 29.6 Å². The minimum atomic E-state index is 0.253. The highest BCUT2D eigenvalue weighted by atomic mass is 35.5. The van der Waals surface area contributed by atoms with Crippen molar-refractivity contribution < 1.29 is 4.79 Å². The van der Waals surface area contributed by atoms with Gasteiger partial charge in [-0.05, 0) is 26.3 Å². The zero-order valence-electron chi connectivity index (χ0n) is 9.72. The average molecular weight is 264 g/mol. The molecule has 0 N–H and O–H groups in total. The van der Waals surface area contributed by atoms with Crippen LogP contribution in [0.15, 0.2) is 10.6 Å². The van der Waals surface area contributed by atoms with Crippen LogP contribution in [0.2, 0.25) is 0 Å². The topological polar surface area (TPSA) is 20.3 Å². The molecule has 2 nitrogen and oxygen atoms in total. The maximum atomic E-state index is 11.2. The first-order valence-electron chi connectivity index (χ1n) is 5.81. The van der Waals surface area contributed by atoms with Crippen LogP contribution < -0.4 is 0 Å². The number of rotatable bonds is 4. The third kappa shape index (κ3) is 4.86. The summed E-state index contributed by atoms with van der Waals surface area (Å²) in [5.41, 5.74) is 1.41. The first kappa shape index (κ1) is 14.0. The predicted molar refractivity (Wildman–Crippen MR) is 68.9 cm³/mol. The Kier molecular flexibility index (Phi) is 6.40. The predicted octanol–water partition coefficient (Wildman–Crippen LogP) is 3.53. The van der Waals surface area contributed by atoms with E-state index in [1.807, 2.05) is 0 Å². The van der Waals surface area contributed by atoms with E-state index in [1.165, 1.54) is 24.8 Å². The van der Waals surface area contributed by atoms with E-state index in [4.69, 9.17) is 23.2 Å². The van der Waals surface area contributed by atoms with E-state index in [1.54, 1.807) is 6.92 Å². The normalized spacial score (nSPS) is 24.2. The second-order valence-corrected chi connectivity index (χ2v) is 5.14. The molecule has 92 valence electrons. The first-order chi connectivity index (χ1) is 7.63. The van der Waals surface area contributed by atoms with Gasteiger partial charge in [-0.1, -0.05) is 36.0 Å². The number of carbonyl (C=O) groups is 1. The molecule has 1 unspecified atom stereocenters. The van der Waals surface area contributed by atoms with Crippen LogP contribution in [0.1, 0.15) is 39.0 Å². The summed E-state index contributed by atoms with van der Waals surface area (Å²) < 4.78 is 0. The zero-order chi connectivity index (χ0) is 12.0. The molecule has 1 aliphatic rings. The molecule has 0 spiro atoms. The van der Waals surface area contributed by atoms with Crippen molar-refractivity contribution in [3.8, 4) is 0 Å². The maximum Gasteiger partial charge on any atom is 0.131 e. The molecule has 0 aromatic heterocycles. The Balaban J connectivity index is 2.61. The first-order valence-corrected chi connectivity index (χ1v) is 6.63. The molecule has 0 amide bonds. The van der Waals surface area contributed by atoms with Crippen molar-refractivity contribution >= 4 is 29.0 Å². The van der Waals surface area contributed by atoms with E-state index in [-0.39, 0.29) is 5.78 Å². The number of nitrogens with zero attached hydrogens (tertiary/aromatic N) is 1. The summed E-state index contributed by atoms with van der Waals surface area (Å²) in [6, 6.07) is 0.338. The molecule has 16 heavy (non-hydrogen) atoms. The Hall–Kier alpha value is -0.0500. The molecule has 1 rings (SSSR count). The minimum Gasteiger partial charge on any atom is -0.300 e. The van der Waals surface area contributed by atoms with Crippen molar-refractivity contribution in [2.24, 2.45) is 0 Å². The highest BCUT2D eigenvalue weighted by molar-refractivity contribution is 6.36. The Morgan fingerprint density at radius 2 is 2.19 bits per heavy atom. The van der Waals surface area contributed by atoms with Gasteiger partial charge in [0.05, 0.1) is 0 Å². The molecule has 0 aliphatic carbocycles. The van der Waals surface area contributed by atoms with Gasteiger partial charge in [-0.25, -0.2) is 0 Å². The van der Waals surface area contributed by atoms with Gasteiger partial charge in [0.1, 0.15) is 5.78 Å². The standard InChI is InChI=1S/C12H19Cl2NO/c1-10(16)7-12-5-3-2-4-6-15(12)9-11(14)8-13/h8,12H,2-7,9H2,1H3. The fourth-order valence-corrected chi connectivity index (χ4v) is 2.46. The molecule has 4 heteroatoms. The van der Waals surface area contributed by atoms with Crippen LogP contribution in [0.4, 0.5) is 0 Å². The molecule has 0 aromatic rings. The number of Topliss-reactive ketones (excluding diaryl/α,β-unsaturated/α-hetero) is 1. The summed E-state index contributed by atoms with van der Waals surface area (Å²) in [5.74, 6) is 0.253. The van der Waals surface area contributed by atoms with Gasteiger partial charge in [0.2, 0.25) is 0 Å². The molecule has 0 bridgehead atoms. The Morgan fingerprint density at radius 3 is 2.81 bits per heavy atom. The Labute approximate surface area is 108 Å². The molecule has 1 aliphatic heterocycles. The number of halogens is 2. The van der Waals surface area contributed by atoms with Gasteiger partial charge in [-0.2, -0.15) is 0 Å². The summed E-state index contributed by atoms with van der Waals surface area (Å²) in [7, 11) is 0. The Bertz CT molecular complexity index is 266. The number of ketones is 1. The molecule has 0 aromatic carbocycles.